The molecule has 0 heterocycles. The molecule has 1 aliphatic rings. The van der Waals surface area contributed by atoms with Crippen LogP contribution in [0.2, 0.25) is 0 Å². The lowest BCUT2D eigenvalue weighted by atomic mass is 9.76. The first kappa shape index (κ1) is 20.0. The summed E-state index contributed by atoms with van der Waals surface area (Å²) >= 11 is 0. The molecule has 1 amide bonds. The number of carbonyl (C=O) groups is 1. The predicted molar refractivity (Wildman–Crippen MR) is 98.9 cm³/mol. The SMILES string of the molecule is CCC(NC(=O)C1CCCC(N)C1)C(C)(C)c1ccccc1.Cl. The van der Waals surface area contributed by atoms with Crippen LogP contribution in [0.1, 0.15) is 58.4 Å². The molecule has 0 radical (unpaired) electrons. The van der Waals surface area contributed by atoms with Gasteiger partial charge in [0.2, 0.25) is 5.91 Å². The van der Waals surface area contributed by atoms with E-state index in [1.54, 1.807) is 0 Å². The standard InChI is InChI=1S/C19H30N2O.ClH/c1-4-17(19(2,3)15-10-6-5-7-11-15)21-18(22)14-9-8-12-16(20)13-14;/h5-7,10-11,14,16-17H,4,8-9,12-13,20H2,1-3H3,(H,21,22);1H. The van der Waals surface area contributed by atoms with Crippen LogP contribution < -0.4 is 11.1 Å². The van der Waals surface area contributed by atoms with Crippen LogP contribution in [0.25, 0.3) is 0 Å². The van der Waals surface area contributed by atoms with Gasteiger partial charge in [-0.15, -0.1) is 12.4 Å². The van der Waals surface area contributed by atoms with Gasteiger partial charge in [-0.2, -0.15) is 0 Å². The number of amides is 1. The lowest BCUT2D eigenvalue weighted by Gasteiger charge is -2.36. The molecule has 0 aliphatic heterocycles. The van der Waals surface area contributed by atoms with Gasteiger partial charge in [0.25, 0.3) is 0 Å². The summed E-state index contributed by atoms with van der Waals surface area (Å²) in [5.41, 5.74) is 7.21. The zero-order valence-electron chi connectivity index (χ0n) is 14.5. The molecule has 1 fully saturated rings. The molecule has 130 valence electrons. The first-order valence-corrected chi connectivity index (χ1v) is 8.56. The van der Waals surface area contributed by atoms with Crippen molar-refractivity contribution in [3.8, 4) is 0 Å². The minimum atomic E-state index is -0.0809. The second-order valence-electron chi connectivity index (χ2n) is 7.18. The number of hydrogen-bond donors (Lipinski definition) is 2. The molecule has 3 atom stereocenters. The maximum absolute atomic E-state index is 12.6. The molecule has 1 aliphatic carbocycles. The Bertz CT molecular complexity index is 489. The number of nitrogens with two attached hydrogens (primary N) is 1. The van der Waals surface area contributed by atoms with Gasteiger partial charge >= 0.3 is 0 Å². The smallest absolute Gasteiger partial charge is 0.223 e. The first-order chi connectivity index (χ1) is 10.4. The molecular formula is C19H31ClN2O. The third kappa shape index (κ3) is 4.95. The molecule has 2 rings (SSSR count). The van der Waals surface area contributed by atoms with Crippen LogP contribution in [0, 0.1) is 5.92 Å². The van der Waals surface area contributed by atoms with Gasteiger partial charge in [0.1, 0.15) is 0 Å². The summed E-state index contributed by atoms with van der Waals surface area (Å²) in [4.78, 5) is 12.6. The number of halogens is 1. The number of nitrogens with one attached hydrogen (secondary N) is 1. The zero-order chi connectivity index (χ0) is 16.2. The monoisotopic (exact) mass is 338 g/mol. The van der Waals surface area contributed by atoms with Crippen LogP contribution in [0.3, 0.4) is 0 Å². The van der Waals surface area contributed by atoms with Crippen molar-refractivity contribution < 1.29 is 4.79 Å². The summed E-state index contributed by atoms with van der Waals surface area (Å²) < 4.78 is 0. The van der Waals surface area contributed by atoms with E-state index in [-0.39, 0.29) is 41.7 Å². The van der Waals surface area contributed by atoms with Crippen molar-refractivity contribution in [1.29, 1.82) is 0 Å². The second kappa shape index (κ2) is 8.70. The summed E-state index contributed by atoms with van der Waals surface area (Å²) in [6.45, 7) is 6.56. The zero-order valence-corrected chi connectivity index (χ0v) is 15.4. The Morgan fingerprint density at radius 1 is 1.30 bits per heavy atom. The molecule has 4 heteroatoms. The average molecular weight is 339 g/mol. The second-order valence-corrected chi connectivity index (χ2v) is 7.18. The van der Waals surface area contributed by atoms with Crippen molar-refractivity contribution in [2.45, 2.75) is 70.4 Å². The van der Waals surface area contributed by atoms with E-state index in [0.29, 0.717) is 0 Å². The van der Waals surface area contributed by atoms with Crippen LogP contribution in [0.4, 0.5) is 0 Å². The van der Waals surface area contributed by atoms with Crippen molar-refractivity contribution >= 4 is 18.3 Å². The van der Waals surface area contributed by atoms with Gasteiger partial charge in [-0.3, -0.25) is 4.79 Å². The van der Waals surface area contributed by atoms with Crippen LogP contribution >= 0.6 is 12.4 Å². The Morgan fingerprint density at radius 3 is 2.52 bits per heavy atom. The van der Waals surface area contributed by atoms with Gasteiger partial charge in [-0.05, 0) is 31.2 Å². The molecule has 1 aromatic carbocycles. The Morgan fingerprint density at radius 2 is 1.96 bits per heavy atom. The Kier molecular flexibility index (Phi) is 7.56. The van der Waals surface area contributed by atoms with Gasteiger partial charge in [0.05, 0.1) is 0 Å². The molecule has 3 N–H and O–H groups in total. The summed E-state index contributed by atoms with van der Waals surface area (Å²) in [5, 5.41) is 3.30. The van der Waals surface area contributed by atoms with Crippen LogP contribution in [-0.4, -0.2) is 18.0 Å². The van der Waals surface area contributed by atoms with Crippen molar-refractivity contribution in [2.24, 2.45) is 11.7 Å². The fourth-order valence-corrected chi connectivity index (χ4v) is 3.62. The van der Waals surface area contributed by atoms with Crippen LogP contribution in [0.15, 0.2) is 30.3 Å². The van der Waals surface area contributed by atoms with Gasteiger partial charge in [-0.25, -0.2) is 0 Å². The minimum absolute atomic E-state index is 0. The van der Waals surface area contributed by atoms with E-state index in [4.69, 9.17) is 5.73 Å². The summed E-state index contributed by atoms with van der Waals surface area (Å²) in [6, 6.07) is 10.8. The van der Waals surface area contributed by atoms with Crippen molar-refractivity contribution in [1.82, 2.24) is 5.32 Å². The Balaban J connectivity index is 0.00000264. The maximum atomic E-state index is 12.6. The first-order valence-electron chi connectivity index (χ1n) is 8.56. The van der Waals surface area contributed by atoms with Gasteiger partial charge in [-0.1, -0.05) is 57.5 Å². The summed E-state index contributed by atoms with van der Waals surface area (Å²) in [6.07, 6.45) is 4.84. The van der Waals surface area contributed by atoms with E-state index in [0.717, 1.165) is 32.1 Å². The molecule has 0 saturated heterocycles. The van der Waals surface area contributed by atoms with E-state index in [1.807, 2.05) is 6.07 Å². The Hall–Kier alpha value is -1.06. The van der Waals surface area contributed by atoms with E-state index in [1.165, 1.54) is 5.56 Å². The average Bonchev–Trinajstić information content (AvgIpc) is 2.53. The van der Waals surface area contributed by atoms with Gasteiger partial charge < -0.3 is 11.1 Å². The molecule has 23 heavy (non-hydrogen) atoms. The van der Waals surface area contributed by atoms with Crippen molar-refractivity contribution in [3.63, 3.8) is 0 Å². The quantitative estimate of drug-likeness (QED) is 0.858. The highest BCUT2D eigenvalue weighted by atomic mass is 35.5. The maximum Gasteiger partial charge on any atom is 0.223 e. The normalized spacial score (nSPS) is 22.8. The lowest BCUT2D eigenvalue weighted by molar-refractivity contribution is -0.127. The topological polar surface area (TPSA) is 55.1 Å². The van der Waals surface area contributed by atoms with Crippen LogP contribution in [-0.2, 0) is 10.2 Å². The minimum Gasteiger partial charge on any atom is -0.352 e. The molecular weight excluding hydrogens is 308 g/mol. The van der Waals surface area contributed by atoms with Gasteiger partial charge in [0.15, 0.2) is 0 Å². The van der Waals surface area contributed by atoms with E-state index in [9.17, 15) is 4.79 Å². The number of rotatable bonds is 5. The van der Waals surface area contributed by atoms with E-state index >= 15 is 0 Å². The molecule has 3 nitrogen and oxygen atoms in total. The highest BCUT2D eigenvalue weighted by Crippen LogP contribution is 2.30. The molecule has 0 spiro atoms. The number of carbonyl (C=O) groups excluding carboxylic acids is 1. The van der Waals surface area contributed by atoms with E-state index < -0.39 is 0 Å². The lowest BCUT2D eigenvalue weighted by Crippen LogP contribution is -2.50. The van der Waals surface area contributed by atoms with Crippen molar-refractivity contribution in [2.75, 3.05) is 0 Å². The largest absolute Gasteiger partial charge is 0.352 e. The number of benzene rings is 1. The third-order valence-electron chi connectivity index (χ3n) is 5.20. The third-order valence-corrected chi connectivity index (χ3v) is 5.20. The highest BCUT2D eigenvalue weighted by molar-refractivity contribution is 5.85. The molecule has 1 aromatic rings. The summed E-state index contributed by atoms with van der Waals surface area (Å²) in [5.74, 6) is 0.273. The van der Waals surface area contributed by atoms with Crippen LogP contribution in [0.5, 0.6) is 0 Å². The Labute approximate surface area is 146 Å². The summed E-state index contributed by atoms with van der Waals surface area (Å²) in [7, 11) is 0. The number of hydrogen-bond acceptors (Lipinski definition) is 2. The predicted octanol–water partition coefficient (Wildman–Crippen LogP) is 3.80. The van der Waals surface area contributed by atoms with E-state index in [2.05, 4.69) is 50.4 Å². The highest BCUT2D eigenvalue weighted by Gasteiger charge is 2.33. The molecule has 0 aromatic heterocycles. The fraction of sp³-hybridized carbons (Fsp3) is 0.632. The van der Waals surface area contributed by atoms with Crippen molar-refractivity contribution in [3.05, 3.63) is 35.9 Å². The van der Waals surface area contributed by atoms with Gasteiger partial charge in [0, 0.05) is 23.4 Å². The molecule has 3 unspecified atom stereocenters. The molecule has 0 bridgehead atoms. The molecule has 1 saturated carbocycles. The fourth-order valence-electron chi connectivity index (χ4n) is 3.62.